The van der Waals surface area contributed by atoms with Crippen molar-refractivity contribution in [1.29, 1.82) is 0 Å². The lowest BCUT2D eigenvalue weighted by Crippen LogP contribution is -2.35. The SMILES string of the molecule is Cc1ccccc1[C@@H](CNC(=O)c1cnn2ccn(C)c12)N(C)C. The first kappa shape index (κ1) is 16.3. The molecule has 1 atom stereocenters. The molecule has 0 aliphatic rings. The smallest absolute Gasteiger partial charge is 0.256 e. The molecule has 1 N–H and O–H groups in total. The van der Waals surface area contributed by atoms with E-state index in [9.17, 15) is 4.79 Å². The summed E-state index contributed by atoms with van der Waals surface area (Å²) in [5.41, 5.74) is 3.83. The van der Waals surface area contributed by atoms with Gasteiger partial charge in [-0.15, -0.1) is 0 Å². The fraction of sp³-hybridized carbons (Fsp3) is 0.333. The Labute approximate surface area is 141 Å². The number of imidazole rings is 1. The van der Waals surface area contributed by atoms with Crippen molar-refractivity contribution < 1.29 is 4.79 Å². The van der Waals surface area contributed by atoms with Gasteiger partial charge >= 0.3 is 0 Å². The normalized spacial score (nSPS) is 12.7. The second kappa shape index (κ2) is 6.49. The molecule has 0 saturated carbocycles. The van der Waals surface area contributed by atoms with E-state index < -0.39 is 0 Å². The highest BCUT2D eigenvalue weighted by molar-refractivity contribution is 5.99. The van der Waals surface area contributed by atoms with E-state index >= 15 is 0 Å². The Balaban J connectivity index is 1.79. The number of nitrogens with zero attached hydrogens (tertiary/aromatic N) is 4. The van der Waals surface area contributed by atoms with Gasteiger partial charge in [0.1, 0.15) is 11.2 Å². The Morgan fingerprint density at radius 2 is 2.04 bits per heavy atom. The molecule has 3 rings (SSSR count). The lowest BCUT2D eigenvalue weighted by Gasteiger charge is -2.26. The molecule has 2 heterocycles. The highest BCUT2D eigenvalue weighted by Gasteiger charge is 2.20. The first-order valence-electron chi connectivity index (χ1n) is 7.98. The number of likely N-dealkylation sites (N-methyl/N-ethyl adjacent to an activating group) is 1. The van der Waals surface area contributed by atoms with Crippen LogP contribution in [0.3, 0.4) is 0 Å². The third-order valence-electron chi connectivity index (χ3n) is 4.41. The van der Waals surface area contributed by atoms with Gasteiger partial charge in [-0.2, -0.15) is 5.10 Å². The van der Waals surface area contributed by atoms with Gasteiger partial charge in [-0.1, -0.05) is 24.3 Å². The van der Waals surface area contributed by atoms with Crippen molar-refractivity contribution in [3.63, 3.8) is 0 Å². The van der Waals surface area contributed by atoms with Crippen molar-refractivity contribution in [2.24, 2.45) is 7.05 Å². The summed E-state index contributed by atoms with van der Waals surface area (Å²) in [4.78, 5) is 14.7. The monoisotopic (exact) mass is 325 g/mol. The van der Waals surface area contributed by atoms with Gasteiger partial charge in [0, 0.05) is 26.0 Å². The summed E-state index contributed by atoms with van der Waals surface area (Å²) in [6.07, 6.45) is 5.33. The second-order valence-electron chi connectivity index (χ2n) is 6.28. The summed E-state index contributed by atoms with van der Waals surface area (Å²) in [7, 11) is 5.96. The van der Waals surface area contributed by atoms with Crippen molar-refractivity contribution in [3.8, 4) is 0 Å². The highest BCUT2D eigenvalue weighted by atomic mass is 16.1. The zero-order valence-corrected chi connectivity index (χ0v) is 14.5. The van der Waals surface area contributed by atoms with Gasteiger partial charge in [-0.25, -0.2) is 4.52 Å². The summed E-state index contributed by atoms with van der Waals surface area (Å²) in [5, 5.41) is 7.27. The largest absolute Gasteiger partial charge is 0.350 e. The number of carbonyl (C=O) groups is 1. The number of hydrogen-bond donors (Lipinski definition) is 1. The average molecular weight is 325 g/mol. The quantitative estimate of drug-likeness (QED) is 0.781. The summed E-state index contributed by atoms with van der Waals surface area (Å²) in [5.74, 6) is -0.104. The molecule has 0 aliphatic heterocycles. The van der Waals surface area contributed by atoms with Crippen LogP contribution in [0.1, 0.15) is 27.5 Å². The summed E-state index contributed by atoms with van der Waals surface area (Å²) >= 11 is 0. The number of aryl methyl sites for hydroxylation is 2. The van der Waals surface area contributed by atoms with E-state index in [0.717, 1.165) is 5.65 Å². The number of fused-ring (bicyclic) bond motifs is 1. The molecule has 0 fully saturated rings. The van der Waals surface area contributed by atoms with Gasteiger partial charge in [-0.3, -0.25) is 4.79 Å². The zero-order valence-electron chi connectivity index (χ0n) is 14.5. The molecule has 126 valence electrons. The molecule has 24 heavy (non-hydrogen) atoms. The van der Waals surface area contributed by atoms with Crippen LogP contribution in [-0.2, 0) is 7.05 Å². The molecule has 1 aromatic carbocycles. The third kappa shape index (κ3) is 2.92. The van der Waals surface area contributed by atoms with Crippen molar-refractivity contribution in [1.82, 2.24) is 24.4 Å². The van der Waals surface area contributed by atoms with Crippen molar-refractivity contribution >= 4 is 11.6 Å². The number of benzene rings is 1. The van der Waals surface area contributed by atoms with E-state index in [2.05, 4.69) is 34.4 Å². The second-order valence-corrected chi connectivity index (χ2v) is 6.28. The molecule has 0 unspecified atom stereocenters. The Morgan fingerprint density at radius 1 is 1.29 bits per heavy atom. The van der Waals surface area contributed by atoms with Gasteiger partial charge in [0.05, 0.1) is 12.2 Å². The molecule has 2 aromatic heterocycles. The van der Waals surface area contributed by atoms with Crippen LogP contribution in [0.4, 0.5) is 0 Å². The highest BCUT2D eigenvalue weighted by Crippen LogP contribution is 2.21. The molecule has 0 bridgehead atoms. The molecule has 3 aromatic rings. The van der Waals surface area contributed by atoms with Gasteiger partial charge in [0.15, 0.2) is 0 Å². The van der Waals surface area contributed by atoms with E-state index in [0.29, 0.717) is 12.1 Å². The minimum absolute atomic E-state index is 0.104. The number of aromatic nitrogens is 3. The number of carbonyl (C=O) groups excluding carboxylic acids is 1. The van der Waals surface area contributed by atoms with E-state index in [1.807, 2.05) is 50.2 Å². The van der Waals surface area contributed by atoms with Gasteiger partial charge < -0.3 is 14.8 Å². The zero-order chi connectivity index (χ0) is 17.3. The summed E-state index contributed by atoms with van der Waals surface area (Å²) in [6.45, 7) is 2.64. The average Bonchev–Trinajstić information content (AvgIpc) is 3.12. The minimum atomic E-state index is -0.104. The molecule has 6 nitrogen and oxygen atoms in total. The van der Waals surface area contributed by atoms with Crippen LogP contribution < -0.4 is 5.32 Å². The lowest BCUT2D eigenvalue weighted by molar-refractivity contribution is 0.0943. The predicted molar refractivity (Wildman–Crippen MR) is 94.1 cm³/mol. The molecule has 0 aliphatic carbocycles. The lowest BCUT2D eigenvalue weighted by atomic mass is 10.0. The van der Waals surface area contributed by atoms with Crippen LogP contribution in [0.15, 0.2) is 42.9 Å². The third-order valence-corrected chi connectivity index (χ3v) is 4.41. The standard InChI is InChI=1S/C18H23N5O/c1-13-7-5-6-8-14(13)16(21(2)3)12-19-17(24)15-11-20-23-10-9-22(4)18(15)23/h5-11,16H,12H2,1-4H3,(H,19,24)/t16-/m1/s1. The number of amides is 1. The number of hydrogen-bond acceptors (Lipinski definition) is 3. The van der Waals surface area contributed by atoms with Crippen molar-refractivity contribution in [2.45, 2.75) is 13.0 Å². The maximum Gasteiger partial charge on any atom is 0.256 e. The Bertz CT molecular complexity index is 861. The summed E-state index contributed by atoms with van der Waals surface area (Å²) < 4.78 is 3.60. The topological polar surface area (TPSA) is 54.6 Å². The van der Waals surface area contributed by atoms with Crippen molar-refractivity contribution in [2.75, 3.05) is 20.6 Å². The first-order valence-corrected chi connectivity index (χ1v) is 7.98. The van der Waals surface area contributed by atoms with Crippen LogP contribution in [0.2, 0.25) is 0 Å². The molecule has 6 heteroatoms. The van der Waals surface area contributed by atoms with Crippen LogP contribution in [-0.4, -0.2) is 45.6 Å². The molecule has 0 saturated heterocycles. The maximum atomic E-state index is 12.6. The minimum Gasteiger partial charge on any atom is -0.350 e. The molecule has 1 amide bonds. The van der Waals surface area contributed by atoms with Crippen LogP contribution in [0.25, 0.3) is 5.65 Å². The van der Waals surface area contributed by atoms with E-state index in [1.54, 1.807) is 10.7 Å². The van der Waals surface area contributed by atoms with Crippen LogP contribution in [0.5, 0.6) is 0 Å². The van der Waals surface area contributed by atoms with Crippen molar-refractivity contribution in [3.05, 3.63) is 59.5 Å². The summed E-state index contributed by atoms with van der Waals surface area (Å²) in [6, 6.07) is 8.39. The van der Waals surface area contributed by atoms with E-state index in [4.69, 9.17) is 0 Å². The van der Waals surface area contributed by atoms with Crippen LogP contribution in [0, 0.1) is 6.92 Å². The fourth-order valence-electron chi connectivity index (χ4n) is 3.03. The molecule has 0 spiro atoms. The Kier molecular flexibility index (Phi) is 4.40. The van der Waals surface area contributed by atoms with E-state index in [-0.39, 0.29) is 11.9 Å². The Hall–Kier alpha value is -2.60. The van der Waals surface area contributed by atoms with Gasteiger partial charge in [0.25, 0.3) is 5.91 Å². The number of rotatable bonds is 5. The van der Waals surface area contributed by atoms with Crippen LogP contribution >= 0.6 is 0 Å². The fourth-order valence-corrected chi connectivity index (χ4v) is 3.03. The van der Waals surface area contributed by atoms with E-state index in [1.165, 1.54) is 11.1 Å². The maximum absolute atomic E-state index is 12.6. The predicted octanol–water partition coefficient (Wildman–Crippen LogP) is 2.01. The first-order chi connectivity index (χ1) is 11.5. The number of nitrogens with one attached hydrogen (secondary N) is 1. The van der Waals surface area contributed by atoms with Gasteiger partial charge in [-0.05, 0) is 32.1 Å². The Morgan fingerprint density at radius 3 is 2.75 bits per heavy atom. The molecular weight excluding hydrogens is 302 g/mol. The molecular formula is C18H23N5O. The van der Waals surface area contributed by atoms with Gasteiger partial charge in [0.2, 0.25) is 0 Å². The molecule has 0 radical (unpaired) electrons.